The second-order valence-corrected chi connectivity index (χ2v) is 8.44. The quantitative estimate of drug-likeness (QED) is 0.677. The average Bonchev–Trinajstić information content (AvgIpc) is 2.59. The highest BCUT2D eigenvalue weighted by Crippen LogP contribution is 2.52. The Morgan fingerprint density at radius 2 is 1.67 bits per heavy atom. The van der Waals surface area contributed by atoms with E-state index in [0.29, 0.717) is 6.04 Å². The summed E-state index contributed by atoms with van der Waals surface area (Å²) in [6.45, 7) is 8.41. The highest BCUT2D eigenvalue weighted by atomic mass is 15.2. The van der Waals surface area contributed by atoms with Crippen LogP contribution in [0.2, 0.25) is 0 Å². The van der Waals surface area contributed by atoms with Gasteiger partial charge in [0.2, 0.25) is 0 Å². The predicted octanol–water partition coefficient (Wildman–Crippen LogP) is 5.79. The fourth-order valence-corrected chi connectivity index (χ4v) is 5.17. The van der Waals surface area contributed by atoms with Crippen LogP contribution in [0.3, 0.4) is 0 Å². The van der Waals surface area contributed by atoms with Crippen LogP contribution in [0.1, 0.15) is 51.2 Å². The highest BCUT2D eigenvalue weighted by molar-refractivity contribution is 5.61. The number of anilines is 1. The van der Waals surface area contributed by atoms with Gasteiger partial charge >= 0.3 is 0 Å². The maximum Gasteiger partial charge on any atom is 0.0432 e. The summed E-state index contributed by atoms with van der Waals surface area (Å²) in [4.78, 5) is 2.72. The number of hydrogen-bond donors (Lipinski definition) is 0. The molecule has 2 aromatic rings. The molecular weight excluding hydrogens is 290 g/mol. The summed E-state index contributed by atoms with van der Waals surface area (Å²) >= 11 is 0. The molecule has 0 radical (unpaired) electrons. The largest absolute Gasteiger partial charge is 0.364 e. The van der Waals surface area contributed by atoms with Crippen LogP contribution in [-0.2, 0) is 12.0 Å². The molecule has 24 heavy (non-hydrogen) atoms. The Morgan fingerprint density at radius 1 is 0.958 bits per heavy atom. The van der Waals surface area contributed by atoms with Crippen molar-refractivity contribution in [2.75, 3.05) is 4.90 Å². The van der Waals surface area contributed by atoms with Crippen LogP contribution in [0.25, 0.3) is 0 Å². The van der Waals surface area contributed by atoms with E-state index in [2.05, 4.69) is 80.3 Å². The molecule has 4 rings (SSSR count). The number of rotatable bonds is 2. The summed E-state index contributed by atoms with van der Waals surface area (Å²) in [6.07, 6.45) is 4.07. The van der Waals surface area contributed by atoms with E-state index in [1.807, 2.05) is 0 Å². The van der Waals surface area contributed by atoms with E-state index >= 15 is 0 Å². The molecule has 2 aromatic carbocycles. The molecule has 1 heteroatoms. The summed E-state index contributed by atoms with van der Waals surface area (Å²) < 4.78 is 0. The van der Waals surface area contributed by atoms with Gasteiger partial charge in [0.05, 0.1) is 0 Å². The van der Waals surface area contributed by atoms with Crippen molar-refractivity contribution in [1.29, 1.82) is 0 Å². The first-order valence-corrected chi connectivity index (χ1v) is 9.47. The lowest BCUT2D eigenvalue weighted by Crippen LogP contribution is -2.54. The van der Waals surface area contributed by atoms with Gasteiger partial charge in [0.15, 0.2) is 0 Å². The molecule has 1 fully saturated rings. The first kappa shape index (κ1) is 15.7. The second kappa shape index (κ2) is 5.95. The molecule has 0 aromatic heterocycles. The lowest BCUT2D eigenvalue weighted by Gasteiger charge is -2.55. The molecule has 126 valence electrons. The molecule has 0 spiro atoms. The van der Waals surface area contributed by atoms with Crippen molar-refractivity contribution in [2.45, 2.75) is 58.0 Å². The monoisotopic (exact) mass is 319 g/mol. The van der Waals surface area contributed by atoms with Gasteiger partial charge in [-0.15, -0.1) is 0 Å². The van der Waals surface area contributed by atoms with E-state index in [9.17, 15) is 0 Å². The van der Waals surface area contributed by atoms with Crippen LogP contribution in [0.15, 0.2) is 54.6 Å². The molecule has 1 nitrogen and oxygen atoms in total. The van der Waals surface area contributed by atoms with E-state index < -0.39 is 0 Å². The first-order valence-electron chi connectivity index (χ1n) is 9.47. The minimum absolute atomic E-state index is 0.272. The molecule has 1 aliphatic heterocycles. The van der Waals surface area contributed by atoms with Crippen molar-refractivity contribution in [3.63, 3.8) is 0 Å². The first-order chi connectivity index (χ1) is 11.6. The van der Waals surface area contributed by atoms with Crippen molar-refractivity contribution in [3.8, 4) is 0 Å². The third-order valence-corrected chi connectivity index (χ3v) is 6.51. The molecule has 1 unspecified atom stereocenters. The minimum atomic E-state index is 0.272. The van der Waals surface area contributed by atoms with Gasteiger partial charge in [-0.3, -0.25) is 0 Å². The smallest absolute Gasteiger partial charge is 0.0432 e. The zero-order chi connectivity index (χ0) is 16.7. The normalized spacial score (nSPS) is 28.1. The predicted molar refractivity (Wildman–Crippen MR) is 102 cm³/mol. The van der Waals surface area contributed by atoms with E-state index in [-0.39, 0.29) is 5.41 Å². The molecule has 1 aliphatic carbocycles. The molecule has 0 N–H and O–H groups in total. The third-order valence-electron chi connectivity index (χ3n) is 6.51. The lowest BCUT2D eigenvalue weighted by molar-refractivity contribution is 0.151. The lowest BCUT2D eigenvalue weighted by atomic mass is 9.60. The van der Waals surface area contributed by atoms with E-state index in [4.69, 9.17) is 0 Å². The summed E-state index contributed by atoms with van der Waals surface area (Å²) in [6, 6.07) is 20.8. The van der Waals surface area contributed by atoms with Gasteiger partial charge in [0.25, 0.3) is 0 Å². The van der Waals surface area contributed by atoms with Crippen LogP contribution in [0.4, 0.5) is 5.69 Å². The Morgan fingerprint density at radius 3 is 2.46 bits per heavy atom. The van der Waals surface area contributed by atoms with Crippen LogP contribution in [0, 0.1) is 11.8 Å². The Kier molecular flexibility index (Phi) is 3.90. The van der Waals surface area contributed by atoms with Gasteiger partial charge in [0, 0.05) is 18.3 Å². The molecule has 2 aliphatic rings. The van der Waals surface area contributed by atoms with Crippen molar-refractivity contribution in [1.82, 2.24) is 0 Å². The number of hydrogen-bond acceptors (Lipinski definition) is 1. The Labute approximate surface area is 146 Å². The standard InChI is InChI=1S/C23H29N/c1-17-13-14-20-22(15-17)24(16-18-9-5-4-6-10-18)21-12-8-7-11-19(21)23(20,2)3/h4-12,17,20,22H,13-16H2,1-3H3/t17-,20-,22?/m1/s1. The van der Waals surface area contributed by atoms with Crippen LogP contribution in [0.5, 0.6) is 0 Å². The second-order valence-electron chi connectivity index (χ2n) is 8.44. The Hall–Kier alpha value is -1.76. The topological polar surface area (TPSA) is 3.24 Å². The molecule has 0 bridgehead atoms. The zero-order valence-electron chi connectivity index (χ0n) is 15.2. The zero-order valence-corrected chi connectivity index (χ0v) is 15.2. The van der Waals surface area contributed by atoms with Gasteiger partial charge in [-0.05, 0) is 47.3 Å². The molecule has 3 atom stereocenters. The van der Waals surface area contributed by atoms with Crippen molar-refractivity contribution in [2.24, 2.45) is 11.8 Å². The van der Waals surface area contributed by atoms with Gasteiger partial charge < -0.3 is 4.90 Å². The van der Waals surface area contributed by atoms with E-state index in [0.717, 1.165) is 18.4 Å². The Bertz CT molecular complexity index is 703. The van der Waals surface area contributed by atoms with Crippen LogP contribution in [-0.4, -0.2) is 6.04 Å². The third kappa shape index (κ3) is 2.55. The van der Waals surface area contributed by atoms with E-state index in [1.165, 1.54) is 36.1 Å². The maximum atomic E-state index is 2.72. The van der Waals surface area contributed by atoms with Gasteiger partial charge in [-0.2, -0.15) is 0 Å². The van der Waals surface area contributed by atoms with Crippen LogP contribution < -0.4 is 4.90 Å². The highest BCUT2D eigenvalue weighted by Gasteiger charge is 2.47. The van der Waals surface area contributed by atoms with Crippen molar-refractivity contribution < 1.29 is 0 Å². The average molecular weight is 319 g/mol. The number of para-hydroxylation sites is 1. The van der Waals surface area contributed by atoms with Gasteiger partial charge in [-0.1, -0.05) is 75.7 Å². The molecule has 0 amide bonds. The fourth-order valence-electron chi connectivity index (χ4n) is 5.17. The fraction of sp³-hybridized carbons (Fsp3) is 0.478. The van der Waals surface area contributed by atoms with Crippen molar-refractivity contribution in [3.05, 3.63) is 65.7 Å². The van der Waals surface area contributed by atoms with E-state index in [1.54, 1.807) is 0 Å². The Balaban J connectivity index is 1.79. The molecule has 1 saturated carbocycles. The van der Waals surface area contributed by atoms with Gasteiger partial charge in [0.1, 0.15) is 0 Å². The number of benzene rings is 2. The summed E-state index contributed by atoms with van der Waals surface area (Å²) in [7, 11) is 0. The molecule has 0 saturated heterocycles. The maximum absolute atomic E-state index is 2.72. The summed E-state index contributed by atoms with van der Waals surface area (Å²) in [5.74, 6) is 1.60. The number of nitrogens with zero attached hydrogens (tertiary/aromatic N) is 1. The number of fused-ring (bicyclic) bond motifs is 2. The molecule has 1 heterocycles. The van der Waals surface area contributed by atoms with Crippen LogP contribution >= 0.6 is 0 Å². The SMILES string of the molecule is C[C@@H]1CC[C@@H]2C(C1)N(Cc1ccccc1)c1ccccc1C2(C)C. The summed E-state index contributed by atoms with van der Waals surface area (Å²) in [5.41, 5.74) is 4.69. The molecular formula is C23H29N. The van der Waals surface area contributed by atoms with Gasteiger partial charge in [-0.25, -0.2) is 0 Å². The minimum Gasteiger partial charge on any atom is -0.364 e. The van der Waals surface area contributed by atoms with Crippen molar-refractivity contribution >= 4 is 5.69 Å². The summed E-state index contributed by atoms with van der Waals surface area (Å²) in [5, 5.41) is 0.